The van der Waals surface area contributed by atoms with Crippen LogP contribution in [0.1, 0.15) is 27.5 Å². The molecule has 0 spiro atoms. The second-order valence-corrected chi connectivity index (χ2v) is 6.72. The van der Waals surface area contributed by atoms with Gasteiger partial charge in [-0.1, -0.05) is 66.7 Å². The molecule has 1 heterocycles. The van der Waals surface area contributed by atoms with Crippen LogP contribution in [-0.4, -0.2) is 11.7 Å². The van der Waals surface area contributed by atoms with Gasteiger partial charge in [0.15, 0.2) is 0 Å². The largest absolute Gasteiger partial charge is 0.300 e. The first-order valence-electron chi connectivity index (χ1n) is 7.95. The van der Waals surface area contributed by atoms with Crippen molar-refractivity contribution in [3.8, 4) is 0 Å². The molecule has 3 aromatic carbocycles. The zero-order valence-corrected chi connectivity index (χ0v) is 14.8. The number of ketones is 1. The van der Waals surface area contributed by atoms with Crippen LogP contribution in [0.3, 0.4) is 0 Å². The number of hydrogen-bond acceptors (Lipinski definition) is 2. The first kappa shape index (κ1) is 15.8. The molecule has 0 saturated carbocycles. The van der Waals surface area contributed by atoms with Crippen molar-refractivity contribution in [2.45, 2.75) is 6.04 Å². The van der Waals surface area contributed by atoms with Crippen molar-refractivity contribution >= 4 is 33.3 Å². The van der Waals surface area contributed by atoms with Gasteiger partial charge in [-0.05, 0) is 39.2 Å². The molecule has 0 aromatic heterocycles. The summed E-state index contributed by atoms with van der Waals surface area (Å²) in [7, 11) is 0. The van der Waals surface area contributed by atoms with Crippen molar-refractivity contribution < 1.29 is 9.59 Å². The van der Waals surface area contributed by atoms with Crippen LogP contribution >= 0.6 is 15.9 Å². The summed E-state index contributed by atoms with van der Waals surface area (Å²) in [4.78, 5) is 27.0. The molecule has 0 unspecified atom stereocenters. The molecular formula is C21H14BrNO2. The number of carbonyl (C=O) groups excluding carboxylic acids is 2. The van der Waals surface area contributed by atoms with E-state index in [1.807, 2.05) is 72.8 Å². The van der Waals surface area contributed by atoms with Crippen LogP contribution in [-0.2, 0) is 4.79 Å². The van der Waals surface area contributed by atoms with Gasteiger partial charge in [0.1, 0.15) is 0 Å². The van der Waals surface area contributed by atoms with E-state index in [9.17, 15) is 9.59 Å². The minimum absolute atomic E-state index is 0.352. The number of fused-ring (bicyclic) bond motifs is 1. The molecule has 4 heteroatoms. The predicted octanol–water partition coefficient (Wildman–Crippen LogP) is 4.77. The van der Waals surface area contributed by atoms with Gasteiger partial charge in [0.05, 0.1) is 17.3 Å². The van der Waals surface area contributed by atoms with Crippen LogP contribution in [0.4, 0.5) is 5.69 Å². The van der Waals surface area contributed by atoms with E-state index in [2.05, 4.69) is 15.9 Å². The second kappa shape index (κ2) is 6.30. The third kappa shape index (κ3) is 2.59. The van der Waals surface area contributed by atoms with Gasteiger partial charge in [-0.2, -0.15) is 0 Å². The maximum Gasteiger partial charge on any atom is 0.300 e. The third-order valence-electron chi connectivity index (χ3n) is 4.38. The van der Waals surface area contributed by atoms with Crippen LogP contribution in [0.5, 0.6) is 0 Å². The van der Waals surface area contributed by atoms with Crippen molar-refractivity contribution in [2.24, 2.45) is 0 Å². The lowest BCUT2D eigenvalue weighted by Gasteiger charge is -2.29. The van der Waals surface area contributed by atoms with Gasteiger partial charge in [-0.25, -0.2) is 0 Å². The lowest BCUT2D eigenvalue weighted by Crippen LogP contribution is -2.34. The summed E-state index contributed by atoms with van der Waals surface area (Å²) in [6, 6.07) is 24.6. The Hall–Kier alpha value is -2.72. The molecular weight excluding hydrogens is 378 g/mol. The Bertz CT molecular complexity index is 915. The highest BCUT2D eigenvalue weighted by atomic mass is 79.9. The number of benzene rings is 3. The zero-order valence-electron chi connectivity index (χ0n) is 13.2. The summed E-state index contributed by atoms with van der Waals surface area (Å²) in [6.07, 6.45) is 0. The summed E-state index contributed by atoms with van der Waals surface area (Å²) in [5.74, 6) is -0.973. The zero-order chi connectivity index (χ0) is 17.4. The summed E-state index contributed by atoms with van der Waals surface area (Å²) >= 11 is 3.40. The number of nitrogens with zero attached hydrogens (tertiary/aromatic N) is 1. The van der Waals surface area contributed by atoms with Crippen LogP contribution in [0.2, 0.25) is 0 Å². The fraction of sp³-hybridized carbons (Fsp3) is 0.0476. The van der Waals surface area contributed by atoms with Gasteiger partial charge in [0, 0.05) is 4.47 Å². The van der Waals surface area contributed by atoms with Crippen molar-refractivity contribution in [1.29, 1.82) is 0 Å². The summed E-state index contributed by atoms with van der Waals surface area (Å²) in [6.45, 7) is 0. The minimum atomic E-state index is -0.500. The summed E-state index contributed by atoms with van der Waals surface area (Å²) in [5, 5.41) is 0. The fourth-order valence-corrected chi connectivity index (χ4v) is 3.82. The SMILES string of the molecule is O=C1C(=O)N(C(c2ccccc2)c2ccccc2)c2cccc(Br)c21. The van der Waals surface area contributed by atoms with Gasteiger partial charge < -0.3 is 0 Å². The Labute approximate surface area is 154 Å². The fourth-order valence-electron chi connectivity index (χ4n) is 3.28. The smallest absolute Gasteiger partial charge is 0.293 e. The number of Topliss-reactive ketones (excluding diaryl/α,β-unsaturated/α-hetero) is 1. The highest BCUT2D eigenvalue weighted by Crippen LogP contribution is 2.41. The van der Waals surface area contributed by atoms with E-state index in [1.165, 1.54) is 0 Å². The molecule has 122 valence electrons. The van der Waals surface area contributed by atoms with E-state index in [1.54, 1.807) is 11.0 Å². The van der Waals surface area contributed by atoms with E-state index in [0.717, 1.165) is 11.1 Å². The molecule has 0 aliphatic carbocycles. The Kier molecular flexibility index (Phi) is 3.98. The molecule has 1 aliphatic rings. The molecule has 0 bridgehead atoms. The van der Waals surface area contributed by atoms with E-state index in [0.29, 0.717) is 15.7 Å². The van der Waals surface area contributed by atoms with E-state index < -0.39 is 11.7 Å². The van der Waals surface area contributed by atoms with Crippen molar-refractivity contribution in [3.63, 3.8) is 0 Å². The molecule has 0 saturated heterocycles. The third-order valence-corrected chi connectivity index (χ3v) is 5.04. The number of hydrogen-bond donors (Lipinski definition) is 0. The maximum atomic E-state index is 12.9. The van der Waals surface area contributed by atoms with Gasteiger partial charge in [-0.3, -0.25) is 14.5 Å². The molecule has 25 heavy (non-hydrogen) atoms. The highest BCUT2D eigenvalue weighted by molar-refractivity contribution is 9.10. The van der Waals surface area contributed by atoms with E-state index >= 15 is 0 Å². The first-order valence-corrected chi connectivity index (χ1v) is 8.74. The monoisotopic (exact) mass is 391 g/mol. The summed E-state index contributed by atoms with van der Waals surface area (Å²) in [5.41, 5.74) is 3.00. The topological polar surface area (TPSA) is 37.4 Å². The van der Waals surface area contributed by atoms with Crippen LogP contribution < -0.4 is 4.90 Å². The number of amides is 1. The minimum Gasteiger partial charge on any atom is -0.293 e. The molecule has 0 fully saturated rings. The standard InChI is InChI=1S/C21H14BrNO2/c22-16-12-7-13-17-18(16)20(24)21(25)23(17)19(14-8-3-1-4-9-14)15-10-5-2-6-11-15/h1-13,19H. The van der Waals surface area contributed by atoms with Gasteiger partial charge in [0.25, 0.3) is 11.7 Å². The van der Waals surface area contributed by atoms with Gasteiger partial charge in [0.2, 0.25) is 0 Å². The Morgan fingerprint density at radius 3 is 1.84 bits per heavy atom. The molecule has 1 aliphatic heterocycles. The highest BCUT2D eigenvalue weighted by Gasteiger charge is 2.42. The average molecular weight is 392 g/mol. The van der Waals surface area contributed by atoms with Gasteiger partial charge in [-0.15, -0.1) is 0 Å². The molecule has 1 amide bonds. The van der Waals surface area contributed by atoms with Crippen LogP contribution in [0, 0.1) is 0 Å². The van der Waals surface area contributed by atoms with Crippen LogP contribution in [0.25, 0.3) is 0 Å². The lowest BCUT2D eigenvalue weighted by atomic mass is 9.97. The number of anilines is 1. The number of halogens is 1. The molecule has 3 nitrogen and oxygen atoms in total. The maximum absolute atomic E-state index is 12.9. The molecule has 0 radical (unpaired) electrons. The molecule has 0 N–H and O–H groups in total. The normalized spacial score (nSPS) is 13.4. The van der Waals surface area contributed by atoms with Crippen molar-refractivity contribution in [2.75, 3.05) is 4.90 Å². The second-order valence-electron chi connectivity index (χ2n) is 5.86. The van der Waals surface area contributed by atoms with Gasteiger partial charge >= 0.3 is 0 Å². The van der Waals surface area contributed by atoms with Crippen molar-refractivity contribution in [1.82, 2.24) is 0 Å². The Morgan fingerprint density at radius 1 is 0.720 bits per heavy atom. The number of carbonyl (C=O) groups is 2. The molecule has 3 aromatic rings. The average Bonchev–Trinajstić information content (AvgIpc) is 2.90. The number of rotatable bonds is 3. The van der Waals surface area contributed by atoms with E-state index in [4.69, 9.17) is 0 Å². The summed E-state index contributed by atoms with van der Waals surface area (Å²) < 4.78 is 0.644. The van der Waals surface area contributed by atoms with Crippen LogP contribution in [0.15, 0.2) is 83.3 Å². The van der Waals surface area contributed by atoms with Crippen molar-refractivity contribution in [3.05, 3.63) is 100 Å². The molecule has 4 rings (SSSR count). The van der Waals surface area contributed by atoms with E-state index in [-0.39, 0.29) is 6.04 Å². The Morgan fingerprint density at radius 2 is 1.28 bits per heavy atom. The quantitative estimate of drug-likeness (QED) is 0.603. The Balaban J connectivity index is 1.94. The first-order chi connectivity index (χ1) is 12.2. The molecule has 0 atom stereocenters. The predicted molar refractivity (Wildman–Crippen MR) is 101 cm³/mol. The lowest BCUT2D eigenvalue weighted by molar-refractivity contribution is -0.114.